The highest BCUT2D eigenvalue weighted by atomic mass is 32.2. The lowest BCUT2D eigenvalue weighted by Gasteiger charge is -2.29. The number of nitrogens with zero attached hydrogens (tertiary/aromatic N) is 5. The Kier molecular flexibility index (Phi) is 6.24. The summed E-state index contributed by atoms with van der Waals surface area (Å²) in [4.78, 5) is 16.8. The second kappa shape index (κ2) is 8.97. The number of amides is 1. The number of carbonyl (C=O) groups excluding carboxylic acids is 1. The highest BCUT2D eigenvalue weighted by Crippen LogP contribution is 2.29. The maximum absolute atomic E-state index is 13.6. The van der Waals surface area contributed by atoms with Crippen LogP contribution in [0.25, 0.3) is 5.65 Å². The Morgan fingerprint density at radius 2 is 2.12 bits per heavy atom. The largest absolute Gasteiger partial charge is 0.384 e. The molecule has 0 radical (unpaired) electrons. The van der Waals surface area contributed by atoms with Crippen LogP contribution in [0.3, 0.4) is 0 Å². The molecule has 1 amide bonds. The van der Waals surface area contributed by atoms with Crippen molar-refractivity contribution in [3.05, 3.63) is 35.9 Å². The summed E-state index contributed by atoms with van der Waals surface area (Å²) in [6.07, 6.45) is 0.968. The van der Waals surface area contributed by atoms with E-state index in [9.17, 15) is 22.0 Å². The fourth-order valence-corrected chi connectivity index (χ4v) is 3.40. The van der Waals surface area contributed by atoms with E-state index in [1.54, 1.807) is 0 Å². The zero-order chi connectivity index (χ0) is 23.8. The molecule has 0 aromatic carbocycles. The van der Waals surface area contributed by atoms with Crippen LogP contribution in [0.15, 0.2) is 24.7 Å². The van der Waals surface area contributed by atoms with E-state index in [1.807, 2.05) is 0 Å². The van der Waals surface area contributed by atoms with Gasteiger partial charge in [-0.15, -0.1) is 0 Å². The molecular formula is C17H19F2N7O6S. The lowest BCUT2D eigenvalue weighted by atomic mass is 10.3. The number of anilines is 2. The zero-order valence-corrected chi connectivity index (χ0v) is 17.9. The van der Waals surface area contributed by atoms with Crippen molar-refractivity contribution >= 4 is 33.2 Å². The topological polar surface area (TPSA) is 165 Å². The number of alkyl halides is 2. The van der Waals surface area contributed by atoms with Crippen molar-refractivity contribution < 1.29 is 35.6 Å². The first-order valence-corrected chi connectivity index (χ1v) is 11.3. The van der Waals surface area contributed by atoms with E-state index >= 15 is 0 Å². The molecule has 3 N–H and O–H groups in total. The van der Waals surface area contributed by atoms with E-state index in [-0.39, 0.29) is 42.5 Å². The van der Waals surface area contributed by atoms with E-state index in [4.69, 9.17) is 15.2 Å². The highest BCUT2D eigenvalue weighted by Gasteiger charge is 2.29. The zero-order valence-electron chi connectivity index (χ0n) is 17.1. The van der Waals surface area contributed by atoms with Gasteiger partial charge < -0.3 is 20.5 Å². The van der Waals surface area contributed by atoms with E-state index in [1.165, 1.54) is 33.9 Å². The highest BCUT2D eigenvalue weighted by molar-refractivity contribution is 7.85. The van der Waals surface area contributed by atoms with Crippen molar-refractivity contribution in [1.82, 2.24) is 24.4 Å². The van der Waals surface area contributed by atoms with Gasteiger partial charge in [-0.1, -0.05) is 0 Å². The second-order valence-corrected chi connectivity index (χ2v) is 8.72. The number of hydrogen-bond donors (Lipinski definition) is 2. The molecule has 0 saturated carbocycles. The van der Waals surface area contributed by atoms with Gasteiger partial charge in [0.05, 0.1) is 37.4 Å². The van der Waals surface area contributed by atoms with Crippen LogP contribution in [0.2, 0.25) is 0 Å². The Morgan fingerprint density at radius 3 is 2.79 bits per heavy atom. The van der Waals surface area contributed by atoms with Gasteiger partial charge >= 0.3 is 0 Å². The standard InChI is InChI=1S/C17H19F2N7O6S/c1-33(28,29)32-8-13-30-6-9(7-31-13)26-5-11(14(24-26)15(18)19)22-17(27)10-4-21-25-3-2-12(20)23-16(10)25/h2-5,9,13,15H,6-8H2,1H3,(H2,20,23)(H,22,27). The lowest BCUT2D eigenvalue weighted by molar-refractivity contribution is -0.208. The van der Waals surface area contributed by atoms with Crippen LogP contribution >= 0.6 is 0 Å². The van der Waals surface area contributed by atoms with E-state index < -0.39 is 40.5 Å². The van der Waals surface area contributed by atoms with Crippen LogP contribution in [0.4, 0.5) is 20.3 Å². The fourth-order valence-electron chi connectivity index (χ4n) is 3.04. The molecule has 4 rings (SSSR count). The smallest absolute Gasteiger partial charge is 0.284 e. The van der Waals surface area contributed by atoms with Gasteiger partial charge in [-0.25, -0.2) is 18.3 Å². The van der Waals surface area contributed by atoms with Gasteiger partial charge in [0.25, 0.3) is 22.5 Å². The Hall–Kier alpha value is -3.21. The van der Waals surface area contributed by atoms with Gasteiger partial charge in [-0.05, 0) is 6.07 Å². The van der Waals surface area contributed by atoms with Crippen LogP contribution in [0.1, 0.15) is 28.5 Å². The number of ether oxygens (including phenoxy) is 2. The van der Waals surface area contributed by atoms with Crippen molar-refractivity contribution in [3.8, 4) is 0 Å². The average Bonchev–Trinajstić information content (AvgIpc) is 3.36. The Morgan fingerprint density at radius 1 is 1.39 bits per heavy atom. The van der Waals surface area contributed by atoms with Gasteiger partial charge in [-0.3, -0.25) is 13.7 Å². The molecule has 178 valence electrons. The first kappa shape index (κ1) is 23.0. The molecule has 1 aliphatic rings. The molecule has 0 unspecified atom stereocenters. The average molecular weight is 487 g/mol. The van der Waals surface area contributed by atoms with Gasteiger partial charge in [0.2, 0.25) is 0 Å². The van der Waals surface area contributed by atoms with Crippen molar-refractivity contribution in [3.63, 3.8) is 0 Å². The van der Waals surface area contributed by atoms with E-state index in [2.05, 4.69) is 24.7 Å². The first-order chi connectivity index (χ1) is 15.6. The number of hydrogen-bond acceptors (Lipinski definition) is 10. The number of fused-ring (bicyclic) bond motifs is 1. The molecule has 3 aromatic rings. The third-order valence-corrected chi connectivity index (χ3v) is 5.16. The molecule has 3 aromatic heterocycles. The third kappa shape index (κ3) is 5.24. The number of nitrogens with one attached hydrogen (secondary N) is 1. The predicted molar refractivity (Wildman–Crippen MR) is 108 cm³/mol. The molecule has 4 heterocycles. The number of halogens is 2. The third-order valence-electron chi connectivity index (χ3n) is 4.59. The minimum atomic E-state index is -3.67. The van der Waals surface area contributed by atoms with Crippen LogP contribution < -0.4 is 11.1 Å². The van der Waals surface area contributed by atoms with Gasteiger partial charge in [0.1, 0.15) is 18.0 Å². The predicted octanol–water partition coefficient (Wildman–Crippen LogP) is 0.588. The number of nitrogens with two attached hydrogens (primary N) is 1. The summed E-state index contributed by atoms with van der Waals surface area (Å²) in [6.45, 7) is -0.355. The molecule has 1 saturated heterocycles. The summed E-state index contributed by atoms with van der Waals surface area (Å²) in [5, 5.41) is 10.3. The number of aromatic nitrogens is 5. The summed E-state index contributed by atoms with van der Waals surface area (Å²) in [5.74, 6) is -0.561. The van der Waals surface area contributed by atoms with Crippen LogP contribution in [-0.4, -0.2) is 71.1 Å². The molecule has 1 aliphatic heterocycles. The number of carbonyl (C=O) groups is 1. The molecule has 1 fully saturated rings. The maximum atomic E-state index is 13.6. The molecule has 0 atom stereocenters. The summed E-state index contributed by atoms with van der Waals surface area (Å²) < 4.78 is 67.1. The number of nitrogen functional groups attached to an aromatic ring is 1. The van der Waals surface area contributed by atoms with Gasteiger partial charge in [0.15, 0.2) is 17.6 Å². The molecule has 13 nitrogen and oxygen atoms in total. The monoisotopic (exact) mass is 487 g/mol. The van der Waals surface area contributed by atoms with Crippen LogP contribution in [0, 0.1) is 0 Å². The summed E-state index contributed by atoms with van der Waals surface area (Å²) in [5.41, 5.74) is 4.99. The minimum Gasteiger partial charge on any atom is -0.384 e. The Bertz CT molecular complexity index is 1270. The minimum absolute atomic E-state index is 0.00716. The summed E-state index contributed by atoms with van der Waals surface area (Å²) >= 11 is 0. The molecular weight excluding hydrogens is 468 g/mol. The van der Waals surface area contributed by atoms with Crippen molar-refractivity contribution in [2.75, 3.05) is 37.1 Å². The van der Waals surface area contributed by atoms with Crippen molar-refractivity contribution in [2.24, 2.45) is 0 Å². The quantitative estimate of drug-likeness (QED) is 0.451. The van der Waals surface area contributed by atoms with Gasteiger partial charge in [-0.2, -0.15) is 18.6 Å². The first-order valence-electron chi connectivity index (χ1n) is 9.46. The summed E-state index contributed by atoms with van der Waals surface area (Å²) in [6, 6.07) is 0.897. The van der Waals surface area contributed by atoms with Crippen LogP contribution in [0.5, 0.6) is 0 Å². The second-order valence-electron chi connectivity index (χ2n) is 7.08. The number of rotatable bonds is 7. The van der Waals surface area contributed by atoms with Crippen molar-refractivity contribution in [2.45, 2.75) is 18.8 Å². The van der Waals surface area contributed by atoms with E-state index in [0.29, 0.717) is 0 Å². The SMILES string of the molecule is CS(=O)(=O)OCC1OCC(n2cc(NC(=O)c3cnn4ccc(N)nc34)c(C(F)F)n2)CO1. The Labute approximate surface area is 185 Å². The van der Waals surface area contributed by atoms with E-state index in [0.717, 1.165) is 6.26 Å². The van der Waals surface area contributed by atoms with Crippen molar-refractivity contribution in [1.29, 1.82) is 0 Å². The molecule has 0 aliphatic carbocycles. The molecule has 0 spiro atoms. The summed E-state index contributed by atoms with van der Waals surface area (Å²) in [7, 11) is -3.67. The lowest BCUT2D eigenvalue weighted by Crippen LogP contribution is -2.37. The van der Waals surface area contributed by atoms with Crippen LogP contribution in [-0.2, 0) is 23.8 Å². The normalized spacial score (nSPS) is 19.3. The molecule has 0 bridgehead atoms. The molecule has 33 heavy (non-hydrogen) atoms. The maximum Gasteiger partial charge on any atom is 0.284 e. The Balaban J connectivity index is 1.48. The fraction of sp³-hybridized carbons (Fsp3) is 0.412. The molecule has 16 heteroatoms. The van der Waals surface area contributed by atoms with Gasteiger partial charge in [0, 0.05) is 12.4 Å².